The van der Waals surface area contributed by atoms with E-state index in [-0.39, 0.29) is 6.01 Å². The summed E-state index contributed by atoms with van der Waals surface area (Å²) in [5, 5.41) is 0. The monoisotopic (exact) mass is 252 g/mol. The predicted octanol–water partition coefficient (Wildman–Crippen LogP) is 0.607. The Morgan fingerprint density at radius 2 is 1.71 bits per heavy atom. The summed E-state index contributed by atoms with van der Waals surface area (Å²) >= 11 is 0. The van der Waals surface area contributed by atoms with Crippen molar-refractivity contribution in [3.05, 3.63) is 43.0 Å². The fraction of sp³-hybridized carbons (Fsp3) is 0. The largest absolute Gasteiger partial charge is 0.410 e. The molecule has 0 fully saturated rings. The van der Waals surface area contributed by atoms with Gasteiger partial charge in [-0.25, -0.2) is 4.98 Å². The van der Waals surface area contributed by atoms with E-state index in [0.717, 1.165) is 12.7 Å². The minimum absolute atomic E-state index is 0.288. The molecule has 0 saturated carbocycles. The number of hydrogen-bond donors (Lipinski definition) is 1. The van der Waals surface area contributed by atoms with E-state index in [0.29, 0.717) is 5.69 Å². The highest BCUT2D eigenvalue weighted by molar-refractivity contribution is 7.88. The molecule has 7 nitrogen and oxygen atoms in total. The Morgan fingerprint density at radius 1 is 1.06 bits per heavy atom. The van der Waals surface area contributed by atoms with Crippen molar-refractivity contribution >= 4 is 16.0 Å². The highest BCUT2D eigenvalue weighted by atomic mass is 32.2. The van der Waals surface area contributed by atoms with Gasteiger partial charge in [0.1, 0.15) is 12.7 Å². The molecule has 0 aliphatic heterocycles. The molecule has 0 unspecified atom stereocenters. The lowest BCUT2D eigenvalue weighted by Gasteiger charge is -2.06. The van der Waals surface area contributed by atoms with E-state index in [4.69, 9.17) is 0 Å². The Morgan fingerprint density at radius 3 is 2.35 bits per heavy atom. The predicted molar refractivity (Wildman–Crippen MR) is 59.4 cm³/mol. The van der Waals surface area contributed by atoms with Gasteiger partial charge in [-0.05, 0) is 12.1 Å². The number of aromatic nitrogens is 3. The maximum Gasteiger partial charge on any atom is 0.410 e. The summed E-state index contributed by atoms with van der Waals surface area (Å²) < 4.78 is 29.9. The van der Waals surface area contributed by atoms with Gasteiger partial charge >= 0.3 is 16.3 Å². The van der Waals surface area contributed by atoms with Crippen molar-refractivity contribution in [2.24, 2.45) is 0 Å². The topological polar surface area (TPSA) is 94.1 Å². The van der Waals surface area contributed by atoms with Crippen LogP contribution in [0, 0.1) is 0 Å². The summed E-state index contributed by atoms with van der Waals surface area (Å²) in [4.78, 5) is 10.6. The molecule has 2 rings (SSSR count). The smallest absolute Gasteiger partial charge is 0.327 e. The molecule has 17 heavy (non-hydrogen) atoms. The third-order valence-corrected chi connectivity index (χ3v) is 2.52. The summed E-state index contributed by atoms with van der Waals surface area (Å²) in [6.07, 6.45) is 2.28. The summed E-state index contributed by atoms with van der Waals surface area (Å²) in [5.41, 5.74) is 0.390. The normalized spacial score (nSPS) is 10.8. The lowest BCUT2D eigenvalue weighted by molar-refractivity contribution is 0.468. The molecule has 88 valence electrons. The van der Waals surface area contributed by atoms with E-state index >= 15 is 0 Å². The Kier molecular flexibility index (Phi) is 3.15. The highest BCUT2D eigenvalue weighted by Gasteiger charge is 2.13. The first-order valence-corrected chi connectivity index (χ1v) is 5.96. The molecule has 1 aromatic carbocycles. The Hall–Kier alpha value is -2.22. The average Bonchev–Trinajstić information content (AvgIpc) is 2.30. The van der Waals surface area contributed by atoms with E-state index < -0.39 is 10.3 Å². The molecule has 1 aromatic heterocycles. The molecule has 0 aliphatic carbocycles. The average molecular weight is 252 g/mol. The van der Waals surface area contributed by atoms with Gasteiger partial charge in [-0.1, -0.05) is 18.2 Å². The molecule has 1 heterocycles. The van der Waals surface area contributed by atoms with Crippen LogP contribution in [0.1, 0.15) is 0 Å². The van der Waals surface area contributed by atoms with E-state index in [2.05, 4.69) is 23.9 Å². The quantitative estimate of drug-likeness (QED) is 0.856. The first-order chi connectivity index (χ1) is 8.16. The Labute approximate surface area is 97.8 Å². The maximum atomic E-state index is 11.5. The number of rotatable bonds is 4. The summed E-state index contributed by atoms with van der Waals surface area (Å²) in [5.74, 6) is 0. The zero-order valence-corrected chi connectivity index (χ0v) is 9.33. The number of nitrogens with zero attached hydrogens (tertiary/aromatic N) is 3. The Bertz CT molecular complexity index is 526. The van der Waals surface area contributed by atoms with Crippen molar-refractivity contribution in [2.75, 3.05) is 4.72 Å². The number of nitrogens with one attached hydrogen (secondary N) is 1. The third kappa shape index (κ3) is 3.38. The van der Waals surface area contributed by atoms with Crippen LogP contribution in [0.5, 0.6) is 6.01 Å². The third-order valence-electron chi connectivity index (χ3n) is 1.67. The zero-order chi connectivity index (χ0) is 12.1. The van der Waals surface area contributed by atoms with Gasteiger partial charge in [-0.15, -0.1) is 0 Å². The molecule has 0 saturated heterocycles. The summed E-state index contributed by atoms with van der Waals surface area (Å²) in [7, 11) is -3.99. The van der Waals surface area contributed by atoms with Crippen LogP contribution in [0.3, 0.4) is 0 Å². The molecule has 0 bridgehead atoms. The van der Waals surface area contributed by atoms with Crippen LogP contribution in [0.25, 0.3) is 0 Å². The fourth-order valence-corrected chi connectivity index (χ4v) is 1.79. The zero-order valence-electron chi connectivity index (χ0n) is 8.52. The van der Waals surface area contributed by atoms with E-state index in [9.17, 15) is 8.42 Å². The van der Waals surface area contributed by atoms with E-state index in [1.54, 1.807) is 30.3 Å². The molecule has 8 heteroatoms. The van der Waals surface area contributed by atoms with Crippen molar-refractivity contribution in [2.45, 2.75) is 0 Å². The first kappa shape index (κ1) is 11.3. The van der Waals surface area contributed by atoms with Gasteiger partial charge < -0.3 is 4.18 Å². The van der Waals surface area contributed by atoms with Gasteiger partial charge in [-0.3, -0.25) is 4.72 Å². The van der Waals surface area contributed by atoms with Crippen molar-refractivity contribution in [1.82, 2.24) is 15.0 Å². The first-order valence-electron chi connectivity index (χ1n) is 4.55. The lowest BCUT2D eigenvalue weighted by atomic mass is 10.3. The van der Waals surface area contributed by atoms with Crippen LogP contribution in [0.4, 0.5) is 5.69 Å². The van der Waals surface area contributed by atoms with Crippen LogP contribution >= 0.6 is 0 Å². The number of benzene rings is 1. The minimum atomic E-state index is -3.99. The number of hydrogen-bond acceptors (Lipinski definition) is 6. The molecular formula is C9H8N4O3S. The lowest BCUT2D eigenvalue weighted by Crippen LogP contribution is -2.20. The minimum Gasteiger partial charge on any atom is -0.327 e. The van der Waals surface area contributed by atoms with Crippen LogP contribution in [-0.4, -0.2) is 23.4 Å². The van der Waals surface area contributed by atoms with Gasteiger partial charge in [0.25, 0.3) is 0 Å². The molecule has 0 atom stereocenters. The Balaban J connectivity index is 2.11. The molecule has 0 aliphatic rings. The van der Waals surface area contributed by atoms with E-state index in [1.165, 1.54) is 0 Å². The highest BCUT2D eigenvalue weighted by Crippen LogP contribution is 2.09. The molecular weight excluding hydrogens is 244 g/mol. The van der Waals surface area contributed by atoms with Crippen LogP contribution in [0.2, 0.25) is 0 Å². The van der Waals surface area contributed by atoms with Crippen molar-refractivity contribution in [3.63, 3.8) is 0 Å². The molecule has 0 amide bonds. The van der Waals surface area contributed by atoms with Gasteiger partial charge in [0, 0.05) is 0 Å². The van der Waals surface area contributed by atoms with Gasteiger partial charge in [0.15, 0.2) is 0 Å². The molecule has 1 N–H and O–H groups in total. The SMILES string of the molecule is O=S(=O)(Nc1ccccc1)Oc1ncncn1. The standard InChI is InChI=1S/C9H8N4O3S/c14-17(15,13-8-4-2-1-3-5-8)16-9-11-6-10-7-12-9/h1-7,13H. The van der Waals surface area contributed by atoms with Crippen molar-refractivity contribution in [3.8, 4) is 6.01 Å². The van der Waals surface area contributed by atoms with Crippen LogP contribution in [0.15, 0.2) is 43.0 Å². The van der Waals surface area contributed by atoms with Gasteiger partial charge in [0.2, 0.25) is 0 Å². The molecule has 2 aromatic rings. The van der Waals surface area contributed by atoms with E-state index in [1.807, 2.05) is 0 Å². The second-order valence-electron chi connectivity index (χ2n) is 2.93. The fourth-order valence-electron chi connectivity index (χ4n) is 1.04. The second kappa shape index (κ2) is 4.74. The molecule has 0 spiro atoms. The molecule has 0 radical (unpaired) electrons. The van der Waals surface area contributed by atoms with Crippen LogP contribution in [-0.2, 0) is 10.3 Å². The van der Waals surface area contributed by atoms with Crippen molar-refractivity contribution < 1.29 is 12.6 Å². The number of anilines is 1. The van der Waals surface area contributed by atoms with Crippen LogP contribution < -0.4 is 8.91 Å². The maximum absolute atomic E-state index is 11.5. The van der Waals surface area contributed by atoms with Crippen molar-refractivity contribution in [1.29, 1.82) is 0 Å². The van der Waals surface area contributed by atoms with Gasteiger partial charge in [0.05, 0.1) is 5.69 Å². The van der Waals surface area contributed by atoms with Gasteiger partial charge in [-0.2, -0.15) is 18.4 Å². The summed E-state index contributed by atoms with van der Waals surface area (Å²) in [6.45, 7) is 0. The summed E-state index contributed by atoms with van der Waals surface area (Å²) in [6, 6.07) is 8.05. The number of para-hydroxylation sites is 1. The second-order valence-corrected chi connectivity index (χ2v) is 4.21.